The topological polar surface area (TPSA) is 75.3 Å². The van der Waals surface area contributed by atoms with E-state index < -0.39 is 0 Å². The van der Waals surface area contributed by atoms with Crippen molar-refractivity contribution >= 4 is 41.5 Å². The molecule has 0 unspecified atom stereocenters. The minimum atomic E-state index is -0.225. The Balaban J connectivity index is 0.00000280. The van der Waals surface area contributed by atoms with Gasteiger partial charge < -0.3 is 15.2 Å². The average molecular weight is 516 g/mol. The predicted octanol–water partition coefficient (Wildman–Crippen LogP) is 4.32. The monoisotopic (exact) mass is 515 g/mol. The van der Waals surface area contributed by atoms with Crippen LogP contribution in [0.2, 0.25) is 5.02 Å². The Bertz CT molecular complexity index is 963. The third-order valence-electron chi connectivity index (χ3n) is 3.88. The molecule has 28 heavy (non-hydrogen) atoms. The number of nitrogens with one attached hydrogen (secondary N) is 2. The van der Waals surface area contributed by atoms with Crippen LogP contribution in [0.3, 0.4) is 0 Å². The number of aryl methyl sites for hydroxylation is 1. The van der Waals surface area contributed by atoms with Crippen LogP contribution in [0.25, 0.3) is 11.4 Å². The largest absolute Gasteiger partial charge is 0.352 e. The van der Waals surface area contributed by atoms with Gasteiger partial charge in [0, 0.05) is 24.2 Å². The fourth-order valence-corrected chi connectivity index (χ4v) is 2.57. The van der Waals surface area contributed by atoms with E-state index in [0.29, 0.717) is 41.4 Å². The average Bonchev–Trinajstić information content (AvgIpc) is 3.14. The van der Waals surface area contributed by atoms with Crippen LogP contribution in [0.4, 0.5) is 4.39 Å². The quantitative estimate of drug-likeness (QED) is 0.301. The molecule has 0 fully saturated rings. The molecule has 1 heterocycles. The molecule has 0 saturated carbocycles. The lowest BCUT2D eigenvalue weighted by Crippen LogP contribution is -2.36. The lowest BCUT2D eigenvalue weighted by molar-refractivity contribution is 0.375. The maximum atomic E-state index is 13.6. The third kappa shape index (κ3) is 5.90. The Hall–Kier alpha value is -2.20. The molecule has 9 heteroatoms. The van der Waals surface area contributed by atoms with Crippen LogP contribution in [-0.2, 0) is 13.1 Å². The Labute approximate surface area is 184 Å². The first-order valence-corrected chi connectivity index (χ1v) is 8.71. The maximum absolute atomic E-state index is 13.6. The molecule has 0 aliphatic heterocycles. The summed E-state index contributed by atoms with van der Waals surface area (Å²) in [6, 6.07) is 12.4. The lowest BCUT2D eigenvalue weighted by atomic mass is 10.1. The van der Waals surface area contributed by atoms with Crippen LogP contribution in [0.1, 0.15) is 17.0 Å². The van der Waals surface area contributed by atoms with E-state index in [2.05, 4.69) is 25.8 Å². The van der Waals surface area contributed by atoms with Crippen molar-refractivity contribution in [3.05, 3.63) is 70.3 Å². The predicted molar refractivity (Wildman–Crippen MR) is 118 cm³/mol. The zero-order valence-corrected chi connectivity index (χ0v) is 18.5. The van der Waals surface area contributed by atoms with Gasteiger partial charge in [0.2, 0.25) is 11.7 Å². The zero-order chi connectivity index (χ0) is 19.2. The number of nitrogens with zero attached hydrogens (tertiary/aromatic N) is 3. The highest BCUT2D eigenvalue weighted by Crippen LogP contribution is 2.19. The number of benzene rings is 2. The van der Waals surface area contributed by atoms with Crippen LogP contribution in [0.15, 0.2) is 52.0 Å². The van der Waals surface area contributed by atoms with Gasteiger partial charge in [0.25, 0.3) is 0 Å². The number of hydrogen-bond donors (Lipinski definition) is 2. The fourth-order valence-electron chi connectivity index (χ4n) is 2.38. The number of aromatic nitrogens is 2. The van der Waals surface area contributed by atoms with Crippen molar-refractivity contribution in [1.82, 2.24) is 20.8 Å². The first-order valence-electron chi connectivity index (χ1n) is 8.33. The lowest BCUT2D eigenvalue weighted by Gasteiger charge is -2.10. The Morgan fingerprint density at radius 1 is 1.18 bits per heavy atom. The van der Waals surface area contributed by atoms with E-state index in [9.17, 15) is 4.39 Å². The van der Waals surface area contributed by atoms with Gasteiger partial charge in [-0.2, -0.15) is 4.98 Å². The molecule has 3 aromatic rings. The third-order valence-corrected chi connectivity index (χ3v) is 4.11. The molecule has 6 nitrogen and oxygen atoms in total. The molecule has 2 N–H and O–H groups in total. The van der Waals surface area contributed by atoms with Crippen molar-refractivity contribution < 1.29 is 8.91 Å². The summed E-state index contributed by atoms with van der Waals surface area (Å²) in [7, 11) is 1.65. The van der Waals surface area contributed by atoms with E-state index in [1.165, 1.54) is 6.07 Å². The minimum absolute atomic E-state index is 0. The Morgan fingerprint density at radius 3 is 2.68 bits per heavy atom. The second-order valence-electron chi connectivity index (χ2n) is 5.88. The van der Waals surface area contributed by atoms with Gasteiger partial charge in [0.15, 0.2) is 5.96 Å². The SMILES string of the molecule is CN=C(NCc1ccc(C)c(F)c1)NCc1nc(-c2cccc(Cl)c2)no1.I. The smallest absolute Gasteiger partial charge is 0.246 e. The van der Waals surface area contributed by atoms with Gasteiger partial charge in [0.1, 0.15) is 5.82 Å². The number of rotatable bonds is 5. The molecular formula is C19H20ClFIN5O. The highest BCUT2D eigenvalue weighted by atomic mass is 127. The minimum Gasteiger partial charge on any atom is -0.352 e. The number of hydrogen-bond acceptors (Lipinski definition) is 4. The van der Waals surface area contributed by atoms with Gasteiger partial charge in [-0.05, 0) is 36.2 Å². The van der Waals surface area contributed by atoms with Gasteiger partial charge in [-0.1, -0.05) is 41.0 Å². The molecule has 0 aliphatic rings. The van der Waals surface area contributed by atoms with Crippen LogP contribution in [0.5, 0.6) is 0 Å². The molecule has 1 aromatic heterocycles. The van der Waals surface area contributed by atoms with Crippen LogP contribution in [0, 0.1) is 12.7 Å². The normalized spacial score (nSPS) is 11.1. The number of halogens is 3. The Kier molecular flexibility index (Phi) is 8.18. The summed E-state index contributed by atoms with van der Waals surface area (Å²) in [4.78, 5) is 8.46. The molecule has 3 rings (SSSR count). The number of aliphatic imine (C=N–C) groups is 1. The van der Waals surface area contributed by atoms with E-state index in [0.717, 1.165) is 11.1 Å². The molecule has 0 spiro atoms. The summed E-state index contributed by atoms with van der Waals surface area (Å²) >= 11 is 5.98. The van der Waals surface area contributed by atoms with Gasteiger partial charge in [-0.15, -0.1) is 24.0 Å². The van der Waals surface area contributed by atoms with Gasteiger partial charge in [-0.25, -0.2) is 4.39 Å². The second kappa shape index (κ2) is 10.4. The summed E-state index contributed by atoms with van der Waals surface area (Å²) in [5.74, 6) is 1.19. The summed E-state index contributed by atoms with van der Waals surface area (Å²) in [5.41, 5.74) is 2.22. The zero-order valence-electron chi connectivity index (χ0n) is 15.4. The van der Waals surface area contributed by atoms with E-state index in [1.807, 2.05) is 18.2 Å². The molecule has 0 bridgehead atoms. The molecule has 148 valence electrons. The molecular weight excluding hydrogens is 496 g/mol. The van der Waals surface area contributed by atoms with Crippen molar-refractivity contribution in [2.24, 2.45) is 4.99 Å². The summed E-state index contributed by atoms with van der Waals surface area (Å²) in [6.45, 7) is 2.47. The van der Waals surface area contributed by atoms with E-state index in [4.69, 9.17) is 16.1 Å². The summed E-state index contributed by atoms with van der Waals surface area (Å²) in [5, 5.41) is 10.8. The van der Waals surface area contributed by atoms with Crippen LogP contribution in [-0.4, -0.2) is 23.1 Å². The fraction of sp³-hybridized carbons (Fsp3) is 0.211. The number of guanidine groups is 1. The van der Waals surface area contributed by atoms with E-state index in [1.54, 1.807) is 32.2 Å². The van der Waals surface area contributed by atoms with E-state index >= 15 is 0 Å². The maximum Gasteiger partial charge on any atom is 0.246 e. The van der Waals surface area contributed by atoms with Crippen molar-refractivity contribution in [3.8, 4) is 11.4 Å². The molecule has 0 atom stereocenters. The summed E-state index contributed by atoms with van der Waals surface area (Å²) < 4.78 is 18.9. The standard InChI is InChI=1S/C19H19ClFN5O.HI/c1-12-6-7-13(8-16(12)21)10-23-19(22-2)24-11-17-25-18(26-27-17)14-4-3-5-15(20)9-14;/h3-9H,10-11H2,1-2H3,(H2,22,23,24);1H. The van der Waals surface area contributed by atoms with Gasteiger partial charge in [0.05, 0.1) is 6.54 Å². The van der Waals surface area contributed by atoms with Crippen molar-refractivity contribution in [2.45, 2.75) is 20.0 Å². The molecule has 0 aliphatic carbocycles. The first kappa shape index (κ1) is 22.1. The highest BCUT2D eigenvalue weighted by molar-refractivity contribution is 14.0. The molecule has 0 radical (unpaired) electrons. The van der Waals surface area contributed by atoms with Crippen molar-refractivity contribution in [2.75, 3.05) is 7.05 Å². The van der Waals surface area contributed by atoms with Crippen molar-refractivity contribution in [1.29, 1.82) is 0 Å². The summed E-state index contributed by atoms with van der Waals surface area (Å²) in [6.07, 6.45) is 0. The second-order valence-corrected chi connectivity index (χ2v) is 6.32. The molecule has 0 saturated heterocycles. The van der Waals surface area contributed by atoms with Crippen LogP contribution >= 0.6 is 35.6 Å². The van der Waals surface area contributed by atoms with Crippen molar-refractivity contribution in [3.63, 3.8) is 0 Å². The van der Waals surface area contributed by atoms with Gasteiger partial charge >= 0.3 is 0 Å². The van der Waals surface area contributed by atoms with E-state index in [-0.39, 0.29) is 29.8 Å². The molecule has 2 aromatic carbocycles. The Morgan fingerprint density at radius 2 is 1.96 bits per heavy atom. The van der Waals surface area contributed by atoms with Gasteiger partial charge in [-0.3, -0.25) is 4.99 Å². The molecule has 0 amide bonds. The first-order chi connectivity index (χ1) is 13.0. The highest BCUT2D eigenvalue weighted by Gasteiger charge is 2.10. The van der Waals surface area contributed by atoms with Crippen LogP contribution < -0.4 is 10.6 Å².